The Labute approximate surface area is 126 Å². The van der Waals surface area contributed by atoms with Gasteiger partial charge in [-0.3, -0.25) is 4.79 Å². The molecule has 18 heavy (non-hydrogen) atoms. The van der Waals surface area contributed by atoms with Gasteiger partial charge in [-0.15, -0.1) is 0 Å². The van der Waals surface area contributed by atoms with Crippen LogP contribution < -0.4 is 11.1 Å². The van der Waals surface area contributed by atoms with E-state index in [0.29, 0.717) is 11.4 Å². The van der Waals surface area contributed by atoms with Crippen molar-refractivity contribution >= 4 is 55.8 Å². The van der Waals surface area contributed by atoms with Crippen LogP contribution in [-0.4, -0.2) is 10.9 Å². The summed E-state index contributed by atoms with van der Waals surface area (Å²) in [6.45, 7) is 0. The summed E-state index contributed by atoms with van der Waals surface area (Å²) in [6.07, 6.45) is 1.46. The van der Waals surface area contributed by atoms with E-state index >= 15 is 0 Å². The van der Waals surface area contributed by atoms with Crippen LogP contribution in [0.15, 0.2) is 41.0 Å². The number of hydrogen-bond donors (Lipinski definition) is 2. The Bertz CT molecular complexity index is 586. The molecule has 4 nitrogen and oxygen atoms in total. The van der Waals surface area contributed by atoms with Gasteiger partial charge in [-0.2, -0.15) is 0 Å². The fraction of sp³-hybridized carbons (Fsp3) is 0. The molecule has 0 spiro atoms. The highest BCUT2D eigenvalue weighted by molar-refractivity contribution is 14.1. The average molecular weight is 418 g/mol. The Morgan fingerprint density at radius 3 is 2.78 bits per heavy atom. The first-order valence-electron chi connectivity index (χ1n) is 5.04. The molecule has 0 atom stereocenters. The molecule has 1 heterocycles. The zero-order valence-electron chi connectivity index (χ0n) is 9.15. The van der Waals surface area contributed by atoms with Gasteiger partial charge in [-0.1, -0.05) is 15.9 Å². The highest BCUT2D eigenvalue weighted by Crippen LogP contribution is 2.23. The number of carbonyl (C=O) groups excluding carboxylic acids is 1. The van der Waals surface area contributed by atoms with Gasteiger partial charge in [0.25, 0.3) is 5.91 Å². The number of nitrogen functional groups attached to an aromatic ring is 1. The highest BCUT2D eigenvalue weighted by atomic mass is 127. The van der Waals surface area contributed by atoms with E-state index in [-0.39, 0.29) is 5.91 Å². The molecule has 6 heteroatoms. The molecule has 1 aromatic heterocycles. The van der Waals surface area contributed by atoms with E-state index in [2.05, 4.69) is 48.8 Å². The number of amides is 1. The van der Waals surface area contributed by atoms with Crippen LogP contribution in [0.5, 0.6) is 0 Å². The number of rotatable bonds is 2. The van der Waals surface area contributed by atoms with Gasteiger partial charge in [0, 0.05) is 8.04 Å². The largest absolute Gasteiger partial charge is 0.397 e. The molecule has 0 aliphatic heterocycles. The summed E-state index contributed by atoms with van der Waals surface area (Å²) in [5, 5.41) is 2.81. The van der Waals surface area contributed by atoms with Gasteiger partial charge >= 0.3 is 0 Å². The summed E-state index contributed by atoms with van der Waals surface area (Å²) in [5.74, 6) is -0.258. The zero-order valence-corrected chi connectivity index (χ0v) is 12.9. The first-order chi connectivity index (χ1) is 8.56. The first kappa shape index (κ1) is 13.3. The van der Waals surface area contributed by atoms with Crippen molar-refractivity contribution in [3.05, 3.63) is 50.3 Å². The topological polar surface area (TPSA) is 68.0 Å². The predicted octanol–water partition coefficient (Wildman–Crippen LogP) is 3.28. The van der Waals surface area contributed by atoms with E-state index in [1.54, 1.807) is 12.1 Å². The molecule has 3 N–H and O–H groups in total. The minimum absolute atomic E-state index is 0.258. The van der Waals surface area contributed by atoms with Crippen molar-refractivity contribution in [2.45, 2.75) is 0 Å². The minimum atomic E-state index is -0.258. The molecule has 0 saturated carbocycles. The van der Waals surface area contributed by atoms with Gasteiger partial charge in [0.2, 0.25) is 0 Å². The van der Waals surface area contributed by atoms with Crippen LogP contribution in [0.1, 0.15) is 10.5 Å². The average Bonchev–Trinajstić information content (AvgIpc) is 2.34. The number of hydrogen-bond acceptors (Lipinski definition) is 3. The molecular weight excluding hydrogens is 409 g/mol. The Balaban J connectivity index is 2.21. The molecule has 0 saturated heterocycles. The molecule has 0 radical (unpaired) electrons. The smallest absolute Gasteiger partial charge is 0.274 e. The van der Waals surface area contributed by atoms with Crippen LogP contribution in [0.3, 0.4) is 0 Å². The fourth-order valence-electron chi connectivity index (χ4n) is 1.32. The molecule has 0 bridgehead atoms. The van der Waals surface area contributed by atoms with Gasteiger partial charge in [-0.05, 0) is 52.9 Å². The van der Waals surface area contributed by atoms with Gasteiger partial charge in [0.1, 0.15) is 5.69 Å². The molecular formula is C12H9BrIN3O. The summed E-state index contributed by atoms with van der Waals surface area (Å²) >= 11 is 5.52. The Kier molecular flexibility index (Phi) is 4.18. The van der Waals surface area contributed by atoms with Crippen LogP contribution in [0.4, 0.5) is 11.4 Å². The van der Waals surface area contributed by atoms with Crippen LogP contribution in [0.2, 0.25) is 0 Å². The van der Waals surface area contributed by atoms with Crippen LogP contribution >= 0.6 is 38.5 Å². The third-order valence-electron chi connectivity index (χ3n) is 2.20. The molecule has 0 aliphatic rings. The van der Waals surface area contributed by atoms with Gasteiger partial charge in [0.05, 0.1) is 17.6 Å². The Hall–Kier alpha value is -1.15. The quantitative estimate of drug-likeness (QED) is 0.736. The van der Waals surface area contributed by atoms with Crippen LogP contribution in [-0.2, 0) is 0 Å². The number of nitrogens with one attached hydrogen (secondary N) is 1. The maximum absolute atomic E-state index is 12.0. The number of nitrogens with zero attached hydrogens (tertiary/aromatic N) is 1. The number of anilines is 2. The molecule has 92 valence electrons. The summed E-state index contributed by atoms with van der Waals surface area (Å²) in [7, 11) is 0. The summed E-state index contributed by atoms with van der Waals surface area (Å²) < 4.78 is 1.86. The third-order valence-corrected chi connectivity index (χ3v) is 3.63. The van der Waals surface area contributed by atoms with Crippen molar-refractivity contribution < 1.29 is 4.79 Å². The van der Waals surface area contributed by atoms with Gasteiger partial charge < -0.3 is 11.1 Å². The lowest BCUT2D eigenvalue weighted by Crippen LogP contribution is -2.14. The predicted molar refractivity (Wildman–Crippen MR) is 83.5 cm³/mol. The second-order valence-corrected chi connectivity index (χ2v) is 5.63. The molecule has 1 aromatic carbocycles. The molecule has 1 amide bonds. The second kappa shape index (κ2) is 5.66. The van der Waals surface area contributed by atoms with E-state index in [4.69, 9.17) is 5.73 Å². The van der Waals surface area contributed by atoms with Crippen molar-refractivity contribution in [3.8, 4) is 0 Å². The monoisotopic (exact) mass is 417 g/mol. The molecule has 0 fully saturated rings. The number of pyridine rings is 1. The highest BCUT2D eigenvalue weighted by Gasteiger charge is 2.09. The maximum atomic E-state index is 12.0. The van der Waals surface area contributed by atoms with Crippen molar-refractivity contribution in [2.24, 2.45) is 0 Å². The van der Waals surface area contributed by atoms with E-state index in [1.165, 1.54) is 6.20 Å². The lowest BCUT2D eigenvalue weighted by molar-refractivity contribution is 0.102. The molecule has 0 unspecified atom stereocenters. The standard InChI is InChI=1S/C12H9BrIN3O/c13-7-1-3-9(14)11(5-7)17-12(18)10-4-2-8(15)6-16-10/h1-6H,15H2,(H,17,18). The van der Waals surface area contributed by atoms with E-state index < -0.39 is 0 Å². The summed E-state index contributed by atoms with van der Waals surface area (Å²) in [6, 6.07) is 8.91. The van der Waals surface area contributed by atoms with E-state index in [9.17, 15) is 4.79 Å². The molecule has 0 aliphatic carbocycles. The van der Waals surface area contributed by atoms with Crippen molar-refractivity contribution in [2.75, 3.05) is 11.1 Å². The van der Waals surface area contributed by atoms with Gasteiger partial charge in [-0.25, -0.2) is 4.98 Å². The Morgan fingerprint density at radius 1 is 1.33 bits per heavy atom. The van der Waals surface area contributed by atoms with E-state index in [1.807, 2.05) is 18.2 Å². The maximum Gasteiger partial charge on any atom is 0.274 e. The van der Waals surface area contributed by atoms with E-state index in [0.717, 1.165) is 13.7 Å². The van der Waals surface area contributed by atoms with Crippen LogP contribution in [0, 0.1) is 3.57 Å². The first-order valence-corrected chi connectivity index (χ1v) is 6.91. The normalized spacial score (nSPS) is 10.1. The lowest BCUT2D eigenvalue weighted by Gasteiger charge is -2.07. The number of carbonyl (C=O) groups is 1. The molecule has 2 rings (SSSR count). The second-order valence-electron chi connectivity index (χ2n) is 3.56. The number of halogens is 2. The fourth-order valence-corrected chi connectivity index (χ4v) is 2.15. The van der Waals surface area contributed by atoms with Crippen molar-refractivity contribution in [3.63, 3.8) is 0 Å². The van der Waals surface area contributed by atoms with Crippen LogP contribution in [0.25, 0.3) is 0 Å². The van der Waals surface area contributed by atoms with Crippen molar-refractivity contribution in [1.82, 2.24) is 4.98 Å². The minimum Gasteiger partial charge on any atom is -0.397 e. The summed E-state index contributed by atoms with van der Waals surface area (Å²) in [4.78, 5) is 15.9. The SMILES string of the molecule is Nc1ccc(C(=O)Nc2cc(Br)ccc2I)nc1. The lowest BCUT2D eigenvalue weighted by atomic mass is 10.3. The molecule has 2 aromatic rings. The number of benzene rings is 1. The Morgan fingerprint density at radius 2 is 2.11 bits per heavy atom. The van der Waals surface area contributed by atoms with Gasteiger partial charge in [0.15, 0.2) is 0 Å². The zero-order chi connectivity index (χ0) is 13.1. The summed E-state index contributed by atoms with van der Waals surface area (Å²) in [5.41, 5.74) is 7.13. The number of aromatic nitrogens is 1. The van der Waals surface area contributed by atoms with Crippen molar-refractivity contribution in [1.29, 1.82) is 0 Å². The third kappa shape index (κ3) is 3.20. The number of nitrogens with two attached hydrogens (primary N) is 1.